The smallest absolute Gasteiger partial charge is 0.412 e. The largest absolute Gasteiger partial charge is 0.468 e. The van der Waals surface area contributed by atoms with Gasteiger partial charge in [-0.05, 0) is 18.1 Å². The molecule has 25 heavy (non-hydrogen) atoms. The zero-order chi connectivity index (χ0) is 18.5. The van der Waals surface area contributed by atoms with Crippen molar-refractivity contribution in [1.82, 2.24) is 10.6 Å². The number of carbonyl (C=O) groups excluding carboxylic acids is 3. The van der Waals surface area contributed by atoms with Crippen molar-refractivity contribution in [2.75, 3.05) is 20.3 Å². The lowest BCUT2D eigenvalue weighted by molar-refractivity contribution is -0.140. The van der Waals surface area contributed by atoms with Crippen molar-refractivity contribution in [3.63, 3.8) is 0 Å². The summed E-state index contributed by atoms with van der Waals surface area (Å²) in [5.74, 6) is -1.18. The molecule has 0 atom stereocenters. The molecular formula is C18H22N2O5. The van der Waals surface area contributed by atoms with E-state index >= 15 is 0 Å². The topological polar surface area (TPSA) is 93.7 Å². The van der Waals surface area contributed by atoms with Gasteiger partial charge in [0.15, 0.2) is 0 Å². The lowest BCUT2D eigenvalue weighted by atomic mass is 10.2. The Kier molecular flexibility index (Phi) is 9.14. The van der Waals surface area contributed by atoms with Crippen molar-refractivity contribution in [2.45, 2.75) is 13.3 Å². The van der Waals surface area contributed by atoms with E-state index in [4.69, 9.17) is 4.74 Å². The van der Waals surface area contributed by atoms with Crippen LogP contribution < -0.4 is 10.6 Å². The van der Waals surface area contributed by atoms with Crippen LogP contribution >= 0.6 is 0 Å². The lowest BCUT2D eigenvalue weighted by Gasteiger charge is -2.10. The Bertz CT molecular complexity index is 638. The van der Waals surface area contributed by atoms with Crippen LogP contribution in [0, 0.1) is 0 Å². The van der Waals surface area contributed by atoms with Crippen molar-refractivity contribution in [3.8, 4) is 0 Å². The fourth-order valence-corrected chi connectivity index (χ4v) is 1.74. The summed E-state index contributed by atoms with van der Waals surface area (Å²) in [4.78, 5) is 34.7. The molecule has 0 aromatic heterocycles. The van der Waals surface area contributed by atoms with Crippen molar-refractivity contribution >= 4 is 24.0 Å². The summed E-state index contributed by atoms with van der Waals surface area (Å²) in [5.41, 5.74) is 1.00. The van der Waals surface area contributed by atoms with Crippen LogP contribution in [0.15, 0.2) is 48.2 Å². The molecule has 7 heteroatoms. The standard InChI is InChI=1S/C18H22N2O5/c1-3-8-15(17(22)19-13-16(21)24-2)20-18(23)25-12-7-11-14-9-5-4-6-10-14/h4-11H,3,12-13H2,1-2H3,(H,19,22)(H,20,23)/b11-7+,15-8-. The molecule has 0 fully saturated rings. The van der Waals surface area contributed by atoms with Gasteiger partial charge >= 0.3 is 12.1 Å². The average Bonchev–Trinajstić information content (AvgIpc) is 2.63. The molecule has 2 amide bonds. The Morgan fingerprint density at radius 1 is 1.16 bits per heavy atom. The molecule has 0 saturated heterocycles. The maximum absolute atomic E-state index is 11.9. The van der Waals surface area contributed by atoms with Gasteiger partial charge in [-0.1, -0.05) is 49.4 Å². The first-order chi connectivity index (χ1) is 12.1. The molecule has 134 valence electrons. The Morgan fingerprint density at radius 2 is 1.88 bits per heavy atom. The number of ether oxygens (including phenoxy) is 2. The van der Waals surface area contributed by atoms with E-state index in [1.807, 2.05) is 43.3 Å². The van der Waals surface area contributed by atoms with E-state index in [1.165, 1.54) is 13.2 Å². The molecule has 0 bridgehead atoms. The minimum atomic E-state index is -0.759. The molecule has 1 rings (SSSR count). The minimum Gasteiger partial charge on any atom is -0.468 e. The van der Waals surface area contributed by atoms with E-state index in [-0.39, 0.29) is 18.8 Å². The fraction of sp³-hybridized carbons (Fsp3) is 0.278. The summed E-state index contributed by atoms with van der Waals surface area (Å²) < 4.78 is 9.42. The SMILES string of the molecule is CC/C=C(\NC(=O)OC/C=C/c1ccccc1)C(=O)NCC(=O)OC. The second-order valence-corrected chi connectivity index (χ2v) is 4.82. The highest BCUT2D eigenvalue weighted by molar-refractivity contribution is 5.97. The lowest BCUT2D eigenvalue weighted by Crippen LogP contribution is -2.37. The van der Waals surface area contributed by atoms with Crippen LogP contribution in [0.2, 0.25) is 0 Å². The van der Waals surface area contributed by atoms with Crippen LogP contribution in [0.25, 0.3) is 6.08 Å². The Morgan fingerprint density at radius 3 is 2.52 bits per heavy atom. The predicted octanol–water partition coefficient (Wildman–Crippen LogP) is 2.01. The first-order valence-electron chi connectivity index (χ1n) is 7.77. The number of hydrogen-bond donors (Lipinski definition) is 2. The summed E-state index contributed by atoms with van der Waals surface area (Å²) in [6.45, 7) is 1.58. The van der Waals surface area contributed by atoms with Crippen LogP contribution in [-0.2, 0) is 19.1 Å². The highest BCUT2D eigenvalue weighted by atomic mass is 16.5. The van der Waals surface area contributed by atoms with Gasteiger partial charge in [0.1, 0.15) is 18.8 Å². The van der Waals surface area contributed by atoms with Gasteiger partial charge in [-0.2, -0.15) is 0 Å². The van der Waals surface area contributed by atoms with Crippen LogP contribution in [0.5, 0.6) is 0 Å². The number of benzene rings is 1. The molecule has 0 saturated carbocycles. The molecule has 0 radical (unpaired) electrons. The summed E-state index contributed by atoms with van der Waals surface area (Å²) in [5, 5.41) is 4.71. The van der Waals surface area contributed by atoms with Crippen molar-refractivity contribution < 1.29 is 23.9 Å². The molecule has 0 aliphatic carbocycles. The summed E-state index contributed by atoms with van der Waals surface area (Å²) in [6.07, 6.45) is 4.79. The van der Waals surface area contributed by atoms with Gasteiger partial charge in [-0.15, -0.1) is 0 Å². The predicted molar refractivity (Wildman–Crippen MR) is 93.4 cm³/mol. The van der Waals surface area contributed by atoms with Crippen molar-refractivity contribution in [1.29, 1.82) is 0 Å². The zero-order valence-electron chi connectivity index (χ0n) is 14.3. The molecule has 0 aliphatic heterocycles. The van der Waals surface area contributed by atoms with E-state index in [2.05, 4.69) is 15.4 Å². The van der Waals surface area contributed by atoms with E-state index in [0.29, 0.717) is 6.42 Å². The maximum Gasteiger partial charge on any atom is 0.412 e. The molecular weight excluding hydrogens is 324 g/mol. The van der Waals surface area contributed by atoms with E-state index in [0.717, 1.165) is 5.56 Å². The number of esters is 1. The molecule has 1 aromatic carbocycles. The monoisotopic (exact) mass is 346 g/mol. The molecule has 0 heterocycles. The Hall–Kier alpha value is -3.09. The minimum absolute atomic E-state index is 0.0171. The molecule has 0 aliphatic rings. The van der Waals surface area contributed by atoms with Crippen LogP contribution in [0.4, 0.5) is 4.79 Å². The summed E-state index contributed by atoms with van der Waals surface area (Å²) in [6, 6.07) is 9.56. The Labute approximate surface area is 146 Å². The number of carbonyl (C=O) groups is 3. The van der Waals surface area contributed by atoms with E-state index < -0.39 is 18.0 Å². The third kappa shape index (κ3) is 8.36. The second kappa shape index (κ2) is 11.4. The number of nitrogens with one attached hydrogen (secondary N) is 2. The van der Waals surface area contributed by atoms with Crippen molar-refractivity contribution in [2.24, 2.45) is 0 Å². The zero-order valence-corrected chi connectivity index (χ0v) is 14.3. The highest BCUT2D eigenvalue weighted by Gasteiger charge is 2.14. The number of amides is 2. The molecule has 2 N–H and O–H groups in total. The van der Waals surface area contributed by atoms with E-state index in [1.54, 1.807) is 6.08 Å². The van der Waals surface area contributed by atoms with Gasteiger partial charge < -0.3 is 14.8 Å². The first-order valence-corrected chi connectivity index (χ1v) is 7.77. The van der Waals surface area contributed by atoms with E-state index in [9.17, 15) is 14.4 Å². The number of methoxy groups -OCH3 is 1. The average molecular weight is 346 g/mol. The normalized spacial score (nSPS) is 11.0. The van der Waals surface area contributed by atoms with Gasteiger partial charge in [0, 0.05) is 0 Å². The van der Waals surface area contributed by atoms with Crippen LogP contribution in [0.1, 0.15) is 18.9 Å². The fourth-order valence-electron chi connectivity index (χ4n) is 1.74. The number of hydrogen-bond acceptors (Lipinski definition) is 5. The van der Waals surface area contributed by atoms with Gasteiger partial charge in [0.25, 0.3) is 5.91 Å². The van der Waals surface area contributed by atoms with Gasteiger partial charge in [-0.3, -0.25) is 14.9 Å². The maximum atomic E-state index is 11.9. The first kappa shape index (κ1) is 20.0. The second-order valence-electron chi connectivity index (χ2n) is 4.82. The highest BCUT2D eigenvalue weighted by Crippen LogP contribution is 2.01. The van der Waals surface area contributed by atoms with Crippen LogP contribution in [0.3, 0.4) is 0 Å². The number of alkyl carbamates (subject to hydrolysis) is 1. The molecule has 7 nitrogen and oxygen atoms in total. The van der Waals surface area contributed by atoms with Gasteiger partial charge in [-0.25, -0.2) is 4.79 Å². The third-order valence-electron chi connectivity index (χ3n) is 2.93. The van der Waals surface area contributed by atoms with Gasteiger partial charge in [0.05, 0.1) is 7.11 Å². The molecule has 1 aromatic rings. The quantitative estimate of drug-likeness (QED) is 0.555. The van der Waals surface area contributed by atoms with Gasteiger partial charge in [0.2, 0.25) is 0 Å². The summed E-state index contributed by atoms with van der Waals surface area (Å²) in [7, 11) is 1.22. The summed E-state index contributed by atoms with van der Waals surface area (Å²) >= 11 is 0. The van der Waals surface area contributed by atoms with Crippen LogP contribution in [-0.4, -0.2) is 38.2 Å². The number of rotatable bonds is 8. The Balaban J connectivity index is 2.45. The molecule has 0 unspecified atom stereocenters. The third-order valence-corrected chi connectivity index (χ3v) is 2.93. The number of allylic oxidation sites excluding steroid dienone is 1. The van der Waals surface area contributed by atoms with Crippen molar-refractivity contribution in [3.05, 3.63) is 53.7 Å². The molecule has 0 spiro atoms.